The number of nitrogens with zero attached hydrogens (tertiary/aromatic N) is 1. The summed E-state index contributed by atoms with van der Waals surface area (Å²) in [6.45, 7) is 2.59. The van der Waals surface area contributed by atoms with Gasteiger partial charge in [0.05, 0.1) is 11.4 Å². The van der Waals surface area contributed by atoms with Crippen LogP contribution < -0.4 is 0 Å². The lowest BCUT2D eigenvalue weighted by Crippen LogP contribution is -2.27. The summed E-state index contributed by atoms with van der Waals surface area (Å²) in [5.74, 6) is -0.0000869. The maximum Gasteiger partial charge on any atom is 0.266 e. The zero-order valence-corrected chi connectivity index (χ0v) is 13.9. The van der Waals surface area contributed by atoms with Gasteiger partial charge in [0.25, 0.3) is 5.91 Å². The maximum atomic E-state index is 12.5. The average Bonchev–Trinajstić information content (AvgIpc) is 2.99. The van der Waals surface area contributed by atoms with Gasteiger partial charge in [-0.05, 0) is 30.7 Å². The van der Waals surface area contributed by atoms with Gasteiger partial charge in [0.2, 0.25) is 0 Å². The summed E-state index contributed by atoms with van der Waals surface area (Å²) in [6, 6.07) is 14.0. The Hall–Kier alpha value is -1.43. The molecule has 2 nitrogen and oxygen atoms in total. The van der Waals surface area contributed by atoms with E-state index in [9.17, 15) is 4.79 Å². The number of aryl methyl sites for hydroxylation is 1. The first-order chi connectivity index (χ1) is 10.1. The highest BCUT2D eigenvalue weighted by molar-refractivity contribution is 8.26. The van der Waals surface area contributed by atoms with Crippen LogP contribution in [0.15, 0.2) is 47.4 Å². The lowest BCUT2D eigenvalue weighted by Gasteiger charge is -2.14. The van der Waals surface area contributed by atoms with Crippen LogP contribution in [0.25, 0.3) is 6.08 Å². The van der Waals surface area contributed by atoms with E-state index in [2.05, 4.69) is 13.0 Å². The van der Waals surface area contributed by atoms with Gasteiger partial charge in [0, 0.05) is 9.75 Å². The van der Waals surface area contributed by atoms with Crippen LogP contribution in [0, 0.1) is 6.92 Å². The summed E-state index contributed by atoms with van der Waals surface area (Å²) < 4.78 is 0.628. The quantitative estimate of drug-likeness (QED) is 0.612. The Kier molecular flexibility index (Phi) is 4.24. The van der Waals surface area contributed by atoms with Gasteiger partial charge < -0.3 is 0 Å². The van der Waals surface area contributed by atoms with Crippen molar-refractivity contribution in [3.8, 4) is 0 Å². The first-order valence-corrected chi connectivity index (χ1v) is 8.53. The van der Waals surface area contributed by atoms with E-state index in [0.29, 0.717) is 15.8 Å². The van der Waals surface area contributed by atoms with Crippen molar-refractivity contribution in [2.45, 2.75) is 13.5 Å². The van der Waals surface area contributed by atoms with Crippen molar-refractivity contribution in [3.05, 3.63) is 62.7 Å². The predicted octanol–water partition coefficient (Wildman–Crippen LogP) is 4.46. The summed E-state index contributed by atoms with van der Waals surface area (Å²) in [5, 5.41) is 0. The molecular formula is C16H13NOS3. The Bertz CT molecular complexity index is 718. The molecule has 0 atom stereocenters. The van der Waals surface area contributed by atoms with Crippen LogP contribution in [-0.4, -0.2) is 15.1 Å². The predicted molar refractivity (Wildman–Crippen MR) is 94.2 cm³/mol. The largest absolute Gasteiger partial charge is 0.288 e. The molecule has 0 bridgehead atoms. The number of carbonyl (C=O) groups is 1. The van der Waals surface area contributed by atoms with Gasteiger partial charge in [-0.15, -0.1) is 11.3 Å². The molecule has 0 unspecified atom stereocenters. The fourth-order valence-corrected chi connectivity index (χ4v) is 4.20. The van der Waals surface area contributed by atoms with Gasteiger partial charge in [-0.25, -0.2) is 0 Å². The standard InChI is InChI=1S/C16H13NOS3/c1-11-7-8-13(20-11)9-14-15(18)17(16(19)21-14)10-12-5-3-2-4-6-12/h2-9H,10H2,1H3/b14-9+. The van der Waals surface area contributed by atoms with Gasteiger partial charge in [-0.1, -0.05) is 54.3 Å². The van der Waals surface area contributed by atoms with Crippen LogP contribution >= 0.6 is 35.3 Å². The summed E-state index contributed by atoms with van der Waals surface area (Å²) in [7, 11) is 0. The van der Waals surface area contributed by atoms with Crippen molar-refractivity contribution in [2.75, 3.05) is 0 Å². The summed E-state index contributed by atoms with van der Waals surface area (Å²) in [5.41, 5.74) is 1.09. The Morgan fingerprint density at radius 3 is 2.62 bits per heavy atom. The normalized spacial score (nSPS) is 17.0. The van der Waals surface area contributed by atoms with Crippen LogP contribution in [0.3, 0.4) is 0 Å². The molecule has 2 aromatic rings. The molecule has 0 saturated carbocycles. The molecule has 1 aromatic heterocycles. The van der Waals surface area contributed by atoms with Gasteiger partial charge in [0.1, 0.15) is 4.32 Å². The number of rotatable bonds is 3. The Morgan fingerprint density at radius 2 is 1.95 bits per heavy atom. The zero-order valence-electron chi connectivity index (χ0n) is 11.4. The molecule has 1 aromatic carbocycles. The van der Waals surface area contributed by atoms with Crippen LogP contribution in [0.4, 0.5) is 0 Å². The van der Waals surface area contributed by atoms with E-state index < -0.39 is 0 Å². The van der Waals surface area contributed by atoms with E-state index in [0.717, 1.165) is 10.4 Å². The van der Waals surface area contributed by atoms with Gasteiger partial charge in [-0.3, -0.25) is 9.69 Å². The Labute approximate surface area is 137 Å². The molecular weight excluding hydrogens is 318 g/mol. The second kappa shape index (κ2) is 6.13. The third-order valence-corrected chi connectivity index (χ3v) is 5.42. The number of carbonyl (C=O) groups excluding carboxylic acids is 1. The second-order valence-electron chi connectivity index (χ2n) is 4.70. The van der Waals surface area contributed by atoms with Crippen LogP contribution in [-0.2, 0) is 11.3 Å². The third-order valence-electron chi connectivity index (χ3n) is 3.09. The van der Waals surface area contributed by atoms with E-state index in [1.807, 2.05) is 42.5 Å². The highest BCUT2D eigenvalue weighted by Crippen LogP contribution is 2.34. The molecule has 1 aliphatic rings. The first-order valence-electron chi connectivity index (χ1n) is 6.49. The van der Waals surface area contributed by atoms with E-state index in [4.69, 9.17) is 12.2 Å². The molecule has 5 heteroatoms. The lowest BCUT2D eigenvalue weighted by molar-refractivity contribution is -0.122. The number of hydrogen-bond acceptors (Lipinski definition) is 4. The monoisotopic (exact) mass is 331 g/mol. The number of thiophene rings is 1. The van der Waals surface area contributed by atoms with Crippen molar-refractivity contribution in [2.24, 2.45) is 0 Å². The van der Waals surface area contributed by atoms with Crippen molar-refractivity contribution >= 4 is 51.6 Å². The number of thiocarbonyl (C=S) groups is 1. The molecule has 0 spiro atoms. The molecule has 21 heavy (non-hydrogen) atoms. The Morgan fingerprint density at radius 1 is 1.19 bits per heavy atom. The average molecular weight is 331 g/mol. The fraction of sp³-hybridized carbons (Fsp3) is 0.125. The van der Waals surface area contributed by atoms with Crippen LogP contribution in [0.1, 0.15) is 15.3 Å². The molecule has 0 N–H and O–H groups in total. The van der Waals surface area contributed by atoms with Crippen molar-refractivity contribution in [3.63, 3.8) is 0 Å². The minimum atomic E-state index is -0.0000869. The molecule has 1 aliphatic heterocycles. The third kappa shape index (κ3) is 3.26. The van der Waals surface area contributed by atoms with Gasteiger partial charge >= 0.3 is 0 Å². The molecule has 0 radical (unpaired) electrons. The molecule has 0 aliphatic carbocycles. The Balaban J connectivity index is 1.81. The summed E-state index contributed by atoms with van der Waals surface area (Å²) >= 11 is 8.41. The SMILES string of the molecule is Cc1ccc(/C=C2/SC(=S)N(Cc3ccccc3)C2=O)s1. The number of thioether (sulfide) groups is 1. The van der Waals surface area contributed by atoms with Crippen LogP contribution in [0.5, 0.6) is 0 Å². The summed E-state index contributed by atoms with van der Waals surface area (Å²) in [6.07, 6.45) is 1.93. The molecule has 1 saturated heterocycles. The highest BCUT2D eigenvalue weighted by atomic mass is 32.2. The zero-order chi connectivity index (χ0) is 14.8. The van der Waals surface area contributed by atoms with Gasteiger partial charge in [-0.2, -0.15) is 0 Å². The minimum absolute atomic E-state index is 0.0000869. The second-order valence-corrected chi connectivity index (χ2v) is 7.70. The van der Waals surface area contributed by atoms with E-state index in [1.54, 1.807) is 16.2 Å². The maximum absolute atomic E-state index is 12.5. The topological polar surface area (TPSA) is 20.3 Å². The van der Waals surface area contributed by atoms with Gasteiger partial charge in [0.15, 0.2) is 0 Å². The molecule has 1 fully saturated rings. The first kappa shape index (κ1) is 14.5. The molecule has 106 valence electrons. The van der Waals surface area contributed by atoms with Crippen LogP contribution in [0.2, 0.25) is 0 Å². The highest BCUT2D eigenvalue weighted by Gasteiger charge is 2.31. The number of benzene rings is 1. The lowest BCUT2D eigenvalue weighted by atomic mass is 10.2. The summed E-state index contributed by atoms with van der Waals surface area (Å²) in [4.78, 5) is 17.2. The molecule has 3 rings (SSSR count). The van der Waals surface area contributed by atoms with E-state index >= 15 is 0 Å². The minimum Gasteiger partial charge on any atom is -0.288 e. The molecule has 1 amide bonds. The van der Waals surface area contributed by atoms with E-state index in [1.165, 1.54) is 16.6 Å². The smallest absolute Gasteiger partial charge is 0.266 e. The van der Waals surface area contributed by atoms with Crippen molar-refractivity contribution in [1.82, 2.24) is 4.90 Å². The number of hydrogen-bond donors (Lipinski definition) is 0. The fourth-order valence-electron chi connectivity index (χ4n) is 2.06. The van der Waals surface area contributed by atoms with Crippen molar-refractivity contribution < 1.29 is 4.79 Å². The van der Waals surface area contributed by atoms with E-state index in [-0.39, 0.29) is 5.91 Å². The molecule has 2 heterocycles. The van der Waals surface area contributed by atoms with Crippen molar-refractivity contribution in [1.29, 1.82) is 0 Å². The number of amides is 1.